The molecular formula is C9H20O2. The number of aliphatic hydroxyl groups excluding tert-OH is 1. The van der Waals surface area contributed by atoms with Gasteiger partial charge in [0.25, 0.3) is 0 Å². The number of aliphatic hydroxyl groups is 2. The molecule has 0 aromatic heterocycles. The van der Waals surface area contributed by atoms with Crippen LogP contribution >= 0.6 is 0 Å². The molecule has 0 amide bonds. The van der Waals surface area contributed by atoms with Crippen LogP contribution in [0.1, 0.15) is 46.5 Å². The highest BCUT2D eigenvalue weighted by molar-refractivity contribution is 4.60. The molecule has 0 aliphatic heterocycles. The van der Waals surface area contributed by atoms with Crippen LogP contribution in [0.25, 0.3) is 0 Å². The molecule has 0 unspecified atom stereocenters. The van der Waals surface area contributed by atoms with Crippen molar-refractivity contribution in [3.63, 3.8) is 0 Å². The van der Waals surface area contributed by atoms with Crippen molar-refractivity contribution >= 4 is 0 Å². The van der Waals surface area contributed by atoms with Gasteiger partial charge in [0, 0.05) is 0 Å². The molecule has 0 saturated heterocycles. The first-order valence-corrected chi connectivity index (χ1v) is 4.28. The van der Waals surface area contributed by atoms with Gasteiger partial charge in [0.05, 0.1) is 0 Å². The van der Waals surface area contributed by atoms with Gasteiger partial charge in [0.1, 0.15) is 0 Å². The molecule has 0 spiro atoms. The zero-order chi connectivity index (χ0) is 8.91. The van der Waals surface area contributed by atoms with E-state index >= 15 is 0 Å². The molecule has 68 valence electrons. The fraction of sp³-hybridized carbons (Fsp3) is 1.00. The van der Waals surface area contributed by atoms with E-state index in [4.69, 9.17) is 10.2 Å². The van der Waals surface area contributed by atoms with Crippen molar-refractivity contribution in [2.75, 3.05) is 0 Å². The van der Waals surface area contributed by atoms with Gasteiger partial charge in [0.15, 0.2) is 6.29 Å². The summed E-state index contributed by atoms with van der Waals surface area (Å²) in [5.74, 6) is 0. The van der Waals surface area contributed by atoms with E-state index in [1.807, 2.05) is 0 Å². The van der Waals surface area contributed by atoms with E-state index in [0.29, 0.717) is 11.8 Å². The van der Waals surface area contributed by atoms with Crippen LogP contribution in [0.3, 0.4) is 0 Å². The van der Waals surface area contributed by atoms with Crippen molar-refractivity contribution < 1.29 is 10.2 Å². The maximum Gasteiger partial charge on any atom is 0.151 e. The van der Waals surface area contributed by atoms with E-state index < -0.39 is 6.29 Å². The van der Waals surface area contributed by atoms with E-state index in [9.17, 15) is 0 Å². The molecule has 0 heterocycles. The van der Waals surface area contributed by atoms with Gasteiger partial charge >= 0.3 is 0 Å². The van der Waals surface area contributed by atoms with Gasteiger partial charge in [-0.05, 0) is 24.7 Å². The van der Waals surface area contributed by atoms with Gasteiger partial charge in [-0.3, -0.25) is 0 Å². The molecule has 0 aromatic carbocycles. The number of hydrogen-bond donors (Lipinski definition) is 2. The summed E-state index contributed by atoms with van der Waals surface area (Å²) in [6.45, 7) is 6.59. The molecule has 0 aliphatic rings. The van der Waals surface area contributed by atoms with E-state index in [1.165, 1.54) is 0 Å². The van der Waals surface area contributed by atoms with Crippen LogP contribution in [0.2, 0.25) is 0 Å². The van der Waals surface area contributed by atoms with Crippen molar-refractivity contribution in [3.05, 3.63) is 0 Å². The first-order valence-electron chi connectivity index (χ1n) is 4.28. The Morgan fingerprint density at radius 2 is 1.64 bits per heavy atom. The monoisotopic (exact) mass is 160 g/mol. The fourth-order valence-corrected chi connectivity index (χ4v) is 0.982. The third kappa shape index (κ3) is 9.92. The van der Waals surface area contributed by atoms with E-state index in [-0.39, 0.29) is 0 Å². The number of hydrogen-bond acceptors (Lipinski definition) is 2. The average Bonchev–Trinajstić information content (AvgIpc) is 1.78. The lowest BCUT2D eigenvalue weighted by Crippen LogP contribution is -2.07. The Labute approximate surface area is 69.2 Å². The van der Waals surface area contributed by atoms with Gasteiger partial charge in [-0.1, -0.05) is 27.2 Å². The lowest BCUT2D eigenvalue weighted by Gasteiger charge is -2.17. The van der Waals surface area contributed by atoms with Crippen molar-refractivity contribution in [3.8, 4) is 0 Å². The summed E-state index contributed by atoms with van der Waals surface area (Å²) >= 11 is 0. The summed E-state index contributed by atoms with van der Waals surface area (Å²) in [5.41, 5.74) is 0.375. The molecule has 2 N–H and O–H groups in total. The molecule has 0 aromatic rings. The van der Waals surface area contributed by atoms with Crippen molar-refractivity contribution in [2.45, 2.75) is 52.7 Å². The molecule has 0 saturated carbocycles. The van der Waals surface area contributed by atoms with Crippen molar-refractivity contribution in [2.24, 2.45) is 5.41 Å². The van der Waals surface area contributed by atoms with Gasteiger partial charge in [-0.25, -0.2) is 0 Å². The first-order chi connectivity index (χ1) is 4.92. The number of unbranched alkanes of at least 4 members (excludes halogenated alkanes) is 1. The molecule has 0 radical (unpaired) electrons. The predicted molar refractivity (Wildman–Crippen MR) is 46.1 cm³/mol. The molecule has 0 bridgehead atoms. The quantitative estimate of drug-likeness (QED) is 0.487. The summed E-state index contributed by atoms with van der Waals surface area (Å²) in [7, 11) is 0. The second-order valence-corrected chi connectivity index (χ2v) is 4.29. The Hall–Kier alpha value is -0.0800. The van der Waals surface area contributed by atoms with E-state index in [1.54, 1.807) is 0 Å². The highest BCUT2D eigenvalue weighted by atomic mass is 16.5. The zero-order valence-corrected chi connectivity index (χ0v) is 7.80. The SMILES string of the molecule is CC(C)(C)CCCCC(O)O. The lowest BCUT2D eigenvalue weighted by molar-refractivity contribution is -0.0468. The number of rotatable bonds is 4. The van der Waals surface area contributed by atoms with Crippen LogP contribution in [0.5, 0.6) is 0 Å². The summed E-state index contributed by atoms with van der Waals surface area (Å²) < 4.78 is 0. The summed E-state index contributed by atoms with van der Waals surface area (Å²) in [6, 6.07) is 0. The van der Waals surface area contributed by atoms with Crippen LogP contribution in [0.4, 0.5) is 0 Å². The second kappa shape index (κ2) is 4.73. The highest BCUT2D eigenvalue weighted by Gasteiger charge is 2.09. The van der Waals surface area contributed by atoms with Gasteiger partial charge in [-0.15, -0.1) is 0 Å². The van der Waals surface area contributed by atoms with Gasteiger partial charge < -0.3 is 10.2 Å². The van der Waals surface area contributed by atoms with Crippen LogP contribution < -0.4 is 0 Å². The Bertz CT molecular complexity index is 92.2. The minimum Gasteiger partial charge on any atom is -0.368 e. The third-order valence-electron chi connectivity index (χ3n) is 1.64. The molecule has 0 rings (SSSR count). The van der Waals surface area contributed by atoms with Gasteiger partial charge in [-0.2, -0.15) is 0 Å². The smallest absolute Gasteiger partial charge is 0.151 e. The lowest BCUT2D eigenvalue weighted by atomic mass is 9.89. The Balaban J connectivity index is 3.15. The van der Waals surface area contributed by atoms with Crippen molar-refractivity contribution in [1.82, 2.24) is 0 Å². The fourth-order valence-electron chi connectivity index (χ4n) is 0.982. The molecular weight excluding hydrogens is 140 g/mol. The van der Waals surface area contributed by atoms with Crippen LogP contribution in [0, 0.1) is 5.41 Å². The average molecular weight is 160 g/mol. The highest BCUT2D eigenvalue weighted by Crippen LogP contribution is 2.22. The van der Waals surface area contributed by atoms with E-state index in [0.717, 1.165) is 19.3 Å². The normalized spacial score (nSPS) is 12.5. The Morgan fingerprint density at radius 1 is 1.09 bits per heavy atom. The third-order valence-corrected chi connectivity index (χ3v) is 1.64. The molecule has 2 heteroatoms. The summed E-state index contributed by atoms with van der Waals surface area (Å²) in [6.07, 6.45) is 2.54. The summed E-state index contributed by atoms with van der Waals surface area (Å²) in [4.78, 5) is 0. The maximum absolute atomic E-state index is 8.54. The van der Waals surface area contributed by atoms with Crippen LogP contribution in [0.15, 0.2) is 0 Å². The molecule has 11 heavy (non-hydrogen) atoms. The molecule has 2 nitrogen and oxygen atoms in total. The largest absolute Gasteiger partial charge is 0.368 e. The second-order valence-electron chi connectivity index (χ2n) is 4.29. The minimum absolute atomic E-state index is 0.375. The van der Waals surface area contributed by atoms with Gasteiger partial charge in [0.2, 0.25) is 0 Å². The summed E-state index contributed by atoms with van der Waals surface area (Å²) in [5, 5.41) is 17.1. The topological polar surface area (TPSA) is 40.5 Å². The van der Waals surface area contributed by atoms with Crippen LogP contribution in [-0.4, -0.2) is 16.5 Å². The Morgan fingerprint density at radius 3 is 2.00 bits per heavy atom. The zero-order valence-electron chi connectivity index (χ0n) is 7.80. The molecule has 0 fully saturated rings. The predicted octanol–water partition coefficient (Wildman–Crippen LogP) is 1.90. The molecule has 0 aliphatic carbocycles. The van der Waals surface area contributed by atoms with Crippen LogP contribution in [-0.2, 0) is 0 Å². The maximum atomic E-state index is 8.54. The standard InChI is InChI=1S/C9H20O2/c1-9(2,3)7-5-4-6-8(10)11/h8,10-11H,4-7H2,1-3H3. The first kappa shape index (κ1) is 10.9. The molecule has 0 atom stereocenters. The Kier molecular flexibility index (Phi) is 4.69. The van der Waals surface area contributed by atoms with E-state index in [2.05, 4.69) is 20.8 Å². The minimum atomic E-state index is -1.12. The van der Waals surface area contributed by atoms with Crippen molar-refractivity contribution in [1.29, 1.82) is 0 Å².